The highest BCUT2D eigenvalue weighted by atomic mass is 16.6. The van der Waals surface area contributed by atoms with E-state index in [0.717, 1.165) is 43.0 Å². The van der Waals surface area contributed by atoms with Gasteiger partial charge in [0.1, 0.15) is 18.0 Å². The minimum absolute atomic E-state index is 0.0655. The number of amides is 1. The molecule has 15 nitrogen and oxygen atoms in total. The van der Waals surface area contributed by atoms with Crippen molar-refractivity contribution in [2.45, 2.75) is 70.4 Å². The van der Waals surface area contributed by atoms with E-state index in [9.17, 15) is 10.1 Å². The third kappa shape index (κ3) is 11.6. The van der Waals surface area contributed by atoms with Crippen LogP contribution in [0.15, 0.2) is 42.5 Å². The van der Waals surface area contributed by atoms with E-state index in [1.807, 2.05) is 20.8 Å². The number of likely N-dealkylation sites (tertiary alicyclic amines) is 1. The molecular weight excluding hydrogens is 729 g/mol. The van der Waals surface area contributed by atoms with Gasteiger partial charge in [0.05, 0.1) is 83.1 Å². The first-order valence-electron chi connectivity index (χ1n) is 20.3. The van der Waals surface area contributed by atoms with Crippen LogP contribution in [0.5, 0.6) is 6.01 Å². The topological polar surface area (TPSA) is 161 Å². The van der Waals surface area contributed by atoms with Gasteiger partial charge in [-0.1, -0.05) is 36.4 Å². The fourth-order valence-corrected chi connectivity index (χ4v) is 7.71. The minimum Gasteiger partial charge on any atom is -0.462 e. The van der Waals surface area contributed by atoms with Gasteiger partial charge >= 0.3 is 12.1 Å². The highest BCUT2D eigenvalue weighted by Gasteiger charge is 2.36. The van der Waals surface area contributed by atoms with E-state index in [1.54, 1.807) is 4.90 Å². The summed E-state index contributed by atoms with van der Waals surface area (Å²) in [5.74, 6) is 0.811. The second kappa shape index (κ2) is 20.4. The first-order valence-corrected chi connectivity index (χ1v) is 20.3. The summed E-state index contributed by atoms with van der Waals surface area (Å²) in [6.07, 6.45) is 1.41. The maximum absolute atomic E-state index is 13.2. The quantitative estimate of drug-likeness (QED) is 0.184. The molecule has 2 saturated heterocycles. The van der Waals surface area contributed by atoms with Gasteiger partial charge in [-0.2, -0.15) is 15.2 Å². The second-order valence-electron chi connectivity index (χ2n) is 15.8. The third-order valence-electron chi connectivity index (χ3n) is 10.5. The fourth-order valence-electron chi connectivity index (χ4n) is 7.71. The van der Waals surface area contributed by atoms with E-state index in [0.29, 0.717) is 91.6 Å². The van der Waals surface area contributed by atoms with Gasteiger partial charge in [0.2, 0.25) is 0 Å². The molecule has 0 bridgehead atoms. The number of fused-ring (bicyclic) bond motifs is 2. The summed E-state index contributed by atoms with van der Waals surface area (Å²) in [6.45, 7) is 13.7. The van der Waals surface area contributed by atoms with Gasteiger partial charge in [-0.3, -0.25) is 4.90 Å². The summed E-state index contributed by atoms with van der Waals surface area (Å²) in [6, 6.07) is 17.3. The number of aromatic nitrogens is 2. The maximum atomic E-state index is 13.2. The molecular formula is C42H60N8O7. The fraction of sp³-hybridized carbons (Fsp3) is 0.619. The van der Waals surface area contributed by atoms with E-state index >= 15 is 0 Å². The lowest BCUT2D eigenvalue weighted by Crippen LogP contribution is -2.56. The molecule has 2 fully saturated rings. The molecule has 6 rings (SSSR count). The molecule has 310 valence electrons. The Morgan fingerprint density at radius 2 is 1.63 bits per heavy atom. The Morgan fingerprint density at radius 3 is 2.39 bits per heavy atom. The van der Waals surface area contributed by atoms with E-state index in [-0.39, 0.29) is 24.6 Å². The number of hydrogen-bond donors (Lipinski definition) is 1. The van der Waals surface area contributed by atoms with Crippen molar-refractivity contribution in [2.24, 2.45) is 5.73 Å². The summed E-state index contributed by atoms with van der Waals surface area (Å²) in [7, 11) is 2.09. The molecule has 1 amide bonds. The van der Waals surface area contributed by atoms with Crippen LogP contribution in [-0.2, 0) is 36.6 Å². The molecule has 3 aliphatic heterocycles. The molecule has 3 atom stereocenters. The normalized spacial score (nSPS) is 20.1. The van der Waals surface area contributed by atoms with Crippen LogP contribution in [0.4, 0.5) is 16.3 Å². The van der Waals surface area contributed by atoms with E-state index in [1.165, 1.54) is 16.5 Å². The van der Waals surface area contributed by atoms with Crippen molar-refractivity contribution < 1.29 is 33.2 Å². The van der Waals surface area contributed by atoms with Crippen LogP contribution in [0.1, 0.15) is 44.9 Å². The number of rotatable bonds is 18. The van der Waals surface area contributed by atoms with Gasteiger partial charge in [0, 0.05) is 61.9 Å². The molecule has 4 heterocycles. The summed E-state index contributed by atoms with van der Waals surface area (Å²) >= 11 is 0. The van der Waals surface area contributed by atoms with Crippen LogP contribution in [0, 0.1) is 11.3 Å². The molecule has 2 aromatic carbocycles. The van der Waals surface area contributed by atoms with Gasteiger partial charge in [-0.15, -0.1) is 0 Å². The van der Waals surface area contributed by atoms with Gasteiger partial charge < -0.3 is 48.9 Å². The zero-order valence-corrected chi connectivity index (χ0v) is 34.1. The van der Waals surface area contributed by atoms with Crippen LogP contribution in [-0.4, -0.2) is 149 Å². The Bertz CT molecular complexity index is 1800. The average molecular weight is 789 g/mol. The third-order valence-corrected chi connectivity index (χ3v) is 10.5. The number of anilines is 2. The molecule has 0 unspecified atom stereocenters. The van der Waals surface area contributed by atoms with Crippen molar-refractivity contribution >= 4 is 28.4 Å². The van der Waals surface area contributed by atoms with Gasteiger partial charge in [-0.25, -0.2) is 4.79 Å². The summed E-state index contributed by atoms with van der Waals surface area (Å²) in [5, 5.41) is 12.2. The Labute approximate surface area is 336 Å². The predicted molar refractivity (Wildman–Crippen MR) is 218 cm³/mol. The zero-order valence-electron chi connectivity index (χ0n) is 34.1. The van der Waals surface area contributed by atoms with E-state index in [4.69, 9.17) is 44.1 Å². The highest BCUT2D eigenvalue weighted by molar-refractivity contribution is 5.94. The van der Waals surface area contributed by atoms with Gasteiger partial charge in [0.25, 0.3) is 0 Å². The average Bonchev–Trinajstić information content (AvgIpc) is 3.56. The van der Waals surface area contributed by atoms with Crippen LogP contribution in [0.2, 0.25) is 0 Å². The minimum atomic E-state index is -0.635. The van der Waals surface area contributed by atoms with Crippen molar-refractivity contribution in [3.63, 3.8) is 0 Å². The Balaban J connectivity index is 1.12. The summed E-state index contributed by atoms with van der Waals surface area (Å²) in [5.41, 5.74) is 7.95. The van der Waals surface area contributed by atoms with Crippen molar-refractivity contribution in [1.82, 2.24) is 19.8 Å². The number of piperazine rings is 1. The number of carbonyl (C=O) groups is 1. The standard InChI is InChI=1S/C42H60N8O7/c1-42(2,3)57-41(51)50-18-17-49(27-32(50)12-14-43)39-36-13-16-48(38-11-7-9-31-8-5-6-10-35(31)38)29-37(36)45-40(46-39)56-30-33-26-34(28-47(33)4)55-25-24-54-23-22-53-21-20-52-19-15-44/h5-11,32-34H,12-13,15-30,44H2,1-4H3/t32-,33-,34+/m0/s1. The molecule has 3 aliphatic rings. The SMILES string of the molecule is CN1C[C@H](OCCOCCOCCOCCN)C[C@H]1COc1nc2c(c(N3CCN(C(=O)OC(C)(C)C)[C@@H](CC#N)C3)n1)CCN(c1cccc3ccccc13)C2. The molecule has 0 radical (unpaired) electrons. The molecule has 0 spiro atoms. The zero-order chi connectivity index (χ0) is 40.2. The van der Waals surface area contributed by atoms with Crippen molar-refractivity contribution in [3.05, 3.63) is 53.7 Å². The molecule has 15 heteroatoms. The lowest BCUT2D eigenvalue weighted by atomic mass is 10.0. The molecule has 2 N–H and O–H groups in total. The first-order chi connectivity index (χ1) is 27.6. The maximum Gasteiger partial charge on any atom is 0.410 e. The Kier molecular flexibility index (Phi) is 15.1. The van der Waals surface area contributed by atoms with Crippen LogP contribution in [0.3, 0.4) is 0 Å². The highest BCUT2D eigenvalue weighted by Crippen LogP contribution is 2.35. The van der Waals surface area contributed by atoms with Crippen molar-refractivity contribution in [2.75, 3.05) is 109 Å². The largest absolute Gasteiger partial charge is 0.462 e. The smallest absolute Gasteiger partial charge is 0.410 e. The summed E-state index contributed by atoms with van der Waals surface area (Å²) in [4.78, 5) is 31.8. The lowest BCUT2D eigenvalue weighted by Gasteiger charge is -2.42. The number of carbonyl (C=O) groups excluding carboxylic acids is 1. The molecule has 57 heavy (non-hydrogen) atoms. The lowest BCUT2D eigenvalue weighted by molar-refractivity contribution is -0.0157. The molecule has 1 aromatic heterocycles. The van der Waals surface area contributed by atoms with Crippen LogP contribution < -0.4 is 20.3 Å². The van der Waals surface area contributed by atoms with E-state index < -0.39 is 11.7 Å². The van der Waals surface area contributed by atoms with Crippen LogP contribution >= 0.6 is 0 Å². The van der Waals surface area contributed by atoms with Crippen molar-refractivity contribution in [1.29, 1.82) is 5.26 Å². The predicted octanol–water partition coefficient (Wildman–Crippen LogP) is 4.01. The molecule has 0 aliphatic carbocycles. The Hall–Kier alpha value is -4.30. The number of likely N-dealkylation sites (N-methyl/N-ethyl adjacent to an activating group) is 1. The number of nitrogens with two attached hydrogens (primary N) is 1. The number of nitrogens with zero attached hydrogens (tertiary/aromatic N) is 7. The molecule has 0 saturated carbocycles. The monoisotopic (exact) mass is 788 g/mol. The first kappa shape index (κ1) is 42.3. The number of ether oxygens (including phenoxy) is 6. The van der Waals surface area contributed by atoms with E-state index in [2.05, 4.69) is 70.3 Å². The number of benzene rings is 2. The number of nitriles is 1. The number of hydrogen-bond acceptors (Lipinski definition) is 14. The van der Waals surface area contributed by atoms with Crippen LogP contribution in [0.25, 0.3) is 10.8 Å². The Morgan fingerprint density at radius 1 is 0.895 bits per heavy atom. The van der Waals surface area contributed by atoms with Crippen molar-refractivity contribution in [3.8, 4) is 12.1 Å². The van der Waals surface area contributed by atoms with Gasteiger partial charge in [0.15, 0.2) is 0 Å². The summed E-state index contributed by atoms with van der Waals surface area (Å²) < 4.78 is 34.8. The van der Waals surface area contributed by atoms with Gasteiger partial charge in [-0.05, 0) is 52.1 Å². The second-order valence-corrected chi connectivity index (χ2v) is 15.8. The molecule has 3 aromatic rings.